The van der Waals surface area contributed by atoms with Crippen LogP contribution < -0.4 is 0 Å². The second-order valence-electron chi connectivity index (χ2n) is 9.73. The molecule has 0 bridgehead atoms. The monoisotopic (exact) mass is 466 g/mol. The van der Waals surface area contributed by atoms with Crippen molar-refractivity contribution in [3.05, 3.63) is 119 Å². The first-order chi connectivity index (χ1) is 17.6. The number of benzene rings is 4. The van der Waals surface area contributed by atoms with E-state index in [1.165, 1.54) is 66.4 Å². The van der Waals surface area contributed by atoms with E-state index in [-0.39, 0.29) is 0 Å². The second-order valence-corrected chi connectivity index (χ2v) is 9.73. The van der Waals surface area contributed by atoms with Crippen molar-refractivity contribution < 1.29 is 0 Å². The van der Waals surface area contributed by atoms with Crippen molar-refractivity contribution in [1.29, 1.82) is 0 Å². The molecule has 2 aromatic heterocycles. The predicted octanol–water partition coefficient (Wildman–Crippen LogP) is 9.00. The summed E-state index contributed by atoms with van der Waals surface area (Å²) < 4.78 is 2.44. The van der Waals surface area contributed by atoms with Crippen LogP contribution in [0.2, 0.25) is 0 Å². The lowest BCUT2D eigenvalue weighted by Gasteiger charge is -2.17. The highest BCUT2D eigenvalue weighted by Gasteiger charge is 2.18. The summed E-state index contributed by atoms with van der Waals surface area (Å²) >= 11 is 0. The van der Waals surface area contributed by atoms with Gasteiger partial charge in [0.15, 0.2) is 0 Å². The maximum absolute atomic E-state index is 4.66. The Morgan fingerprint density at radius 3 is 2.19 bits per heavy atom. The summed E-state index contributed by atoms with van der Waals surface area (Å²) in [6, 6.07) is 33.1. The summed E-state index contributed by atoms with van der Waals surface area (Å²) in [5.41, 5.74) is 13.8. The summed E-state index contributed by atoms with van der Waals surface area (Å²) in [5, 5.41) is 2.56. The van der Waals surface area contributed by atoms with E-state index < -0.39 is 0 Å². The summed E-state index contributed by atoms with van der Waals surface area (Å²) in [7, 11) is 0. The highest BCUT2D eigenvalue weighted by Crippen LogP contribution is 2.38. The first kappa shape index (κ1) is 22.3. The Bertz CT molecular complexity index is 1720. The fourth-order valence-electron chi connectivity index (χ4n) is 5.94. The molecule has 4 aromatic carbocycles. The molecule has 0 saturated heterocycles. The molecule has 0 unspecified atom stereocenters. The normalized spacial score (nSPS) is 11.4. The van der Waals surface area contributed by atoms with Crippen molar-refractivity contribution >= 4 is 21.8 Å². The van der Waals surface area contributed by atoms with Crippen molar-refractivity contribution in [2.24, 2.45) is 0 Å². The number of aryl methyl sites for hydroxylation is 3. The molecule has 36 heavy (non-hydrogen) atoms. The molecular formula is C34H30N2. The quantitative estimate of drug-likeness (QED) is 0.253. The van der Waals surface area contributed by atoms with E-state index in [0.717, 1.165) is 12.1 Å². The predicted molar refractivity (Wildman–Crippen MR) is 153 cm³/mol. The first-order valence-electron chi connectivity index (χ1n) is 12.7. The Hall–Kier alpha value is -4.17. The molecule has 0 spiro atoms. The number of fused-ring (bicyclic) bond motifs is 3. The van der Waals surface area contributed by atoms with Gasteiger partial charge in [0.25, 0.3) is 0 Å². The van der Waals surface area contributed by atoms with Crippen LogP contribution >= 0.6 is 0 Å². The molecule has 0 aliphatic carbocycles. The number of pyridine rings is 1. The number of para-hydroxylation sites is 1. The minimum Gasteiger partial charge on any atom is -0.309 e. The molecule has 6 rings (SSSR count). The van der Waals surface area contributed by atoms with Gasteiger partial charge in [0, 0.05) is 22.5 Å². The van der Waals surface area contributed by atoms with Crippen LogP contribution in [-0.2, 0) is 6.42 Å². The second kappa shape index (κ2) is 8.80. The lowest BCUT2D eigenvalue weighted by Crippen LogP contribution is -2.01. The average molecular weight is 467 g/mol. The van der Waals surface area contributed by atoms with E-state index in [1.54, 1.807) is 0 Å². The van der Waals surface area contributed by atoms with Crippen molar-refractivity contribution in [2.45, 2.75) is 34.1 Å². The minimum atomic E-state index is 0.927. The Morgan fingerprint density at radius 1 is 0.694 bits per heavy atom. The number of nitrogens with zero attached hydrogens (tertiary/aromatic N) is 2. The van der Waals surface area contributed by atoms with Gasteiger partial charge in [-0.25, -0.2) is 0 Å². The zero-order chi connectivity index (χ0) is 24.8. The molecule has 0 N–H and O–H groups in total. The van der Waals surface area contributed by atoms with Gasteiger partial charge in [-0.15, -0.1) is 0 Å². The zero-order valence-electron chi connectivity index (χ0n) is 21.3. The van der Waals surface area contributed by atoms with Crippen LogP contribution in [0.5, 0.6) is 0 Å². The van der Waals surface area contributed by atoms with Crippen molar-refractivity contribution in [3.63, 3.8) is 0 Å². The molecule has 176 valence electrons. The smallest absolute Gasteiger partial charge is 0.0705 e. The molecule has 6 aromatic rings. The highest BCUT2D eigenvalue weighted by molar-refractivity contribution is 6.10. The third kappa shape index (κ3) is 3.53. The SMILES string of the molecule is CCc1c(-c2ccccn2)cccc1-n1c2ccccc2c2cc(-c3c(C)cc(C)cc3C)ccc21. The van der Waals surface area contributed by atoms with Gasteiger partial charge in [-0.3, -0.25) is 4.98 Å². The molecule has 0 fully saturated rings. The Kier molecular flexibility index (Phi) is 5.45. The Balaban J connectivity index is 1.65. The molecule has 0 aliphatic rings. The van der Waals surface area contributed by atoms with Crippen LogP contribution in [0.1, 0.15) is 29.2 Å². The van der Waals surface area contributed by atoms with Gasteiger partial charge in [0.05, 0.1) is 22.4 Å². The standard InChI is InChI=1S/C34H30N2/c1-5-26-27(30-13-8-9-18-35-30)12-10-15-31(26)36-32-14-7-6-11-28(32)29-21-25(16-17-33(29)36)34-23(3)19-22(2)20-24(34)4/h6-21H,5H2,1-4H3. The van der Waals surface area contributed by atoms with Crippen LogP contribution in [0.4, 0.5) is 0 Å². The Labute approximate surface area is 212 Å². The van der Waals surface area contributed by atoms with E-state index in [1.807, 2.05) is 12.3 Å². The average Bonchev–Trinajstić information content (AvgIpc) is 3.22. The number of rotatable bonds is 4. The van der Waals surface area contributed by atoms with Crippen LogP contribution in [0.3, 0.4) is 0 Å². The number of hydrogen-bond donors (Lipinski definition) is 0. The van der Waals surface area contributed by atoms with Crippen molar-refractivity contribution in [1.82, 2.24) is 9.55 Å². The molecule has 2 nitrogen and oxygen atoms in total. The van der Waals surface area contributed by atoms with E-state index in [2.05, 4.69) is 122 Å². The van der Waals surface area contributed by atoms with E-state index in [0.29, 0.717) is 0 Å². The summed E-state index contributed by atoms with van der Waals surface area (Å²) in [6.45, 7) is 8.85. The summed E-state index contributed by atoms with van der Waals surface area (Å²) in [6.07, 6.45) is 2.80. The Morgan fingerprint density at radius 2 is 1.44 bits per heavy atom. The van der Waals surface area contributed by atoms with Gasteiger partial charge in [0.1, 0.15) is 0 Å². The van der Waals surface area contributed by atoms with Crippen LogP contribution in [-0.4, -0.2) is 9.55 Å². The third-order valence-electron chi connectivity index (χ3n) is 7.32. The molecule has 2 heteroatoms. The maximum atomic E-state index is 4.66. The molecular weight excluding hydrogens is 436 g/mol. The lowest BCUT2D eigenvalue weighted by atomic mass is 9.93. The van der Waals surface area contributed by atoms with Gasteiger partial charge in [-0.1, -0.05) is 67.1 Å². The topological polar surface area (TPSA) is 17.8 Å². The molecule has 0 atom stereocenters. The highest BCUT2D eigenvalue weighted by atomic mass is 15.0. The van der Waals surface area contributed by atoms with Crippen LogP contribution in [0.25, 0.3) is 49.9 Å². The van der Waals surface area contributed by atoms with Gasteiger partial charge in [0.2, 0.25) is 0 Å². The molecule has 0 radical (unpaired) electrons. The molecule has 2 heterocycles. The first-order valence-corrected chi connectivity index (χ1v) is 12.7. The third-order valence-corrected chi connectivity index (χ3v) is 7.32. The van der Waals surface area contributed by atoms with Gasteiger partial charge >= 0.3 is 0 Å². The summed E-state index contributed by atoms with van der Waals surface area (Å²) in [5.74, 6) is 0. The fourth-order valence-corrected chi connectivity index (χ4v) is 5.94. The number of aromatic nitrogens is 2. The molecule has 0 aliphatic heterocycles. The fraction of sp³-hybridized carbons (Fsp3) is 0.147. The van der Waals surface area contributed by atoms with Gasteiger partial charge in [-0.05, 0) is 91.4 Å². The minimum absolute atomic E-state index is 0.927. The van der Waals surface area contributed by atoms with Crippen molar-refractivity contribution in [3.8, 4) is 28.1 Å². The van der Waals surface area contributed by atoms with Crippen LogP contribution in [0, 0.1) is 20.8 Å². The summed E-state index contributed by atoms with van der Waals surface area (Å²) in [4.78, 5) is 4.66. The lowest BCUT2D eigenvalue weighted by molar-refractivity contribution is 1.06. The largest absolute Gasteiger partial charge is 0.309 e. The van der Waals surface area contributed by atoms with Gasteiger partial charge in [-0.2, -0.15) is 0 Å². The van der Waals surface area contributed by atoms with E-state index in [9.17, 15) is 0 Å². The molecule has 0 saturated carbocycles. The molecule has 0 amide bonds. The van der Waals surface area contributed by atoms with Crippen molar-refractivity contribution in [2.75, 3.05) is 0 Å². The zero-order valence-corrected chi connectivity index (χ0v) is 21.3. The number of hydrogen-bond acceptors (Lipinski definition) is 1. The van der Waals surface area contributed by atoms with E-state index >= 15 is 0 Å². The van der Waals surface area contributed by atoms with Crippen LogP contribution in [0.15, 0.2) is 97.2 Å². The van der Waals surface area contributed by atoms with E-state index in [4.69, 9.17) is 0 Å². The van der Waals surface area contributed by atoms with Gasteiger partial charge < -0.3 is 4.57 Å². The maximum Gasteiger partial charge on any atom is 0.0705 e.